The van der Waals surface area contributed by atoms with Gasteiger partial charge in [0.05, 0.1) is 0 Å². The quantitative estimate of drug-likeness (QED) is 0.783. The minimum atomic E-state index is -1.16. The van der Waals surface area contributed by atoms with Gasteiger partial charge in [-0.05, 0) is 80.3 Å². The second kappa shape index (κ2) is 5.16. The van der Waals surface area contributed by atoms with Crippen molar-refractivity contribution in [3.05, 3.63) is 23.8 Å². The molecule has 0 radical (unpaired) electrons. The van der Waals surface area contributed by atoms with Gasteiger partial charge in [0.2, 0.25) is 0 Å². The first-order valence-corrected chi connectivity index (χ1v) is 9.80. The van der Waals surface area contributed by atoms with E-state index < -0.39 is 5.60 Å². The molecule has 25 heavy (non-hydrogen) atoms. The fourth-order valence-electron chi connectivity index (χ4n) is 7.16. The SMILES string of the molecule is C=C1C[C@H]2[C@@H](CC[C@@]3(C)[C@H]2CC[C@]3(O)C(C)=O)[C@]2(C)CCC(=O)C=C12. The largest absolute Gasteiger partial charge is 0.382 e. The lowest BCUT2D eigenvalue weighted by atomic mass is 9.45. The molecule has 0 aromatic heterocycles. The van der Waals surface area contributed by atoms with Crippen molar-refractivity contribution in [1.29, 1.82) is 0 Å². The van der Waals surface area contributed by atoms with Crippen LogP contribution in [0.1, 0.15) is 65.7 Å². The Bertz CT molecular complexity index is 704. The normalized spacial score (nSPS) is 49.1. The van der Waals surface area contributed by atoms with Crippen molar-refractivity contribution in [2.24, 2.45) is 28.6 Å². The molecule has 0 aromatic carbocycles. The van der Waals surface area contributed by atoms with E-state index >= 15 is 0 Å². The minimum Gasteiger partial charge on any atom is -0.382 e. The monoisotopic (exact) mass is 342 g/mol. The number of carbonyl (C=O) groups excluding carboxylic acids is 2. The molecule has 0 amide bonds. The summed E-state index contributed by atoms with van der Waals surface area (Å²) < 4.78 is 0. The number of allylic oxidation sites excluding steroid dienone is 2. The van der Waals surface area contributed by atoms with Gasteiger partial charge in [-0.2, -0.15) is 0 Å². The van der Waals surface area contributed by atoms with Crippen molar-refractivity contribution in [2.75, 3.05) is 0 Å². The predicted molar refractivity (Wildman–Crippen MR) is 96.9 cm³/mol. The summed E-state index contributed by atoms with van der Waals surface area (Å²) in [7, 11) is 0. The van der Waals surface area contributed by atoms with Gasteiger partial charge in [0.25, 0.3) is 0 Å². The number of fused-ring (bicyclic) bond motifs is 5. The van der Waals surface area contributed by atoms with E-state index in [0.29, 0.717) is 30.6 Å². The molecule has 0 bridgehead atoms. The molecule has 0 aromatic rings. The third-order valence-corrected chi connectivity index (χ3v) is 8.66. The number of ketones is 2. The van der Waals surface area contributed by atoms with Gasteiger partial charge >= 0.3 is 0 Å². The zero-order valence-electron chi connectivity index (χ0n) is 15.7. The van der Waals surface area contributed by atoms with E-state index in [1.54, 1.807) is 6.92 Å². The predicted octanol–water partition coefficient (Wildman–Crippen LogP) is 4.00. The first-order chi connectivity index (χ1) is 11.6. The van der Waals surface area contributed by atoms with E-state index in [2.05, 4.69) is 20.4 Å². The molecule has 136 valence electrons. The molecule has 4 rings (SSSR count). The second-order valence-corrected chi connectivity index (χ2v) is 9.54. The number of aliphatic hydroxyl groups is 1. The van der Waals surface area contributed by atoms with Crippen molar-refractivity contribution in [1.82, 2.24) is 0 Å². The van der Waals surface area contributed by atoms with Crippen LogP contribution in [0.25, 0.3) is 0 Å². The molecule has 4 aliphatic carbocycles. The molecule has 0 saturated heterocycles. The Morgan fingerprint density at radius 1 is 1.20 bits per heavy atom. The lowest BCUT2D eigenvalue weighted by Crippen LogP contribution is -2.57. The number of Topliss-reactive ketones (excluding diaryl/α,β-unsaturated/α-hetero) is 1. The maximum absolute atomic E-state index is 12.3. The fourth-order valence-corrected chi connectivity index (χ4v) is 7.16. The summed E-state index contributed by atoms with van der Waals surface area (Å²) in [6.07, 6.45) is 7.77. The highest BCUT2D eigenvalue weighted by molar-refractivity contribution is 5.92. The summed E-state index contributed by atoms with van der Waals surface area (Å²) in [5.74, 6) is 1.54. The Balaban J connectivity index is 1.75. The molecule has 1 N–H and O–H groups in total. The van der Waals surface area contributed by atoms with Crippen molar-refractivity contribution >= 4 is 11.6 Å². The smallest absolute Gasteiger partial charge is 0.161 e. The van der Waals surface area contributed by atoms with Crippen LogP contribution in [0.3, 0.4) is 0 Å². The molecule has 0 spiro atoms. The van der Waals surface area contributed by atoms with Crippen LogP contribution < -0.4 is 0 Å². The average Bonchev–Trinajstić information content (AvgIpc) is 2.83. The van der Waals surface area contributed by atoms with Crippen LogP contribution in [0.4, 0.5) is 0 Å². The molecule has 0 unspecified atom stereocenters. The molecule has 3 fully saturated rings. The van der Waals surface area contributed by atoms with Crippen LogP contribution >= 0.6 is 0 Å². The molecule has 6 atom stereocenters. The summed E-state index contributed by atoms with van der Waals surface area (Å²) >= 11 is 0. The minimum absolute atomic E-state index is 0.0339. The molecular formula is C22H30O3. The number of hydrogen-bond donors (Lipinski definition) is 1. The molecule has 4 aliphatic rings. The number of rotatable bonds is 1. The molecule has 0 aliphatic heterocycles. The molecule has 3 heteroatoms. The second-order valence-electron chi connectivity index (χ2n) is 9.54. The van der Waals surface area contributed by atoms with Crippen LogP contribution in [0.5, 0.6) is 0 Å². The molecular weight excluding hydrogens is 312 g/mol. The Kier molecular flexibility index (Phi) is 3.55. The van der Waals surface area contributed by atoms with Gasteiger partial charge in [-0.15, -0.1) is 0 Å². The van der Waals surface area contributed by atoms with Gasteiger partial charge < -0.3 is 5.11 Å². The van der Waals surface area contributed by atoms with Gasteiger partial charge in [0, 0.05) is 11.8 Å². The van der Waals surface area contributed by atoms with Gasteiger partial charge in [0.1, 0.15) is 5.60 Å². The zero-order chi connectivity index (χ0) is 18.2. The highest BCUT2D eigenvalue weighted by Gasteiger charge is 2.65. The van der Waals surface area contributed by atoms with Crippen molar-refractivity contribution in [3.8, 4) is 0 Å². The van der Waals surface area contributed by atoms with Crippen LogP contribution in [0.15, 0.2) is 23.8 Å². The van der Waals surface area contributed by atoms with E-state index in [1.165, 1.54) is 5.57 Å². The lowest BCUT2D eigenvalue weighted by Gasteiger charge is -2.59. The highest BCUT2D eigenvalue weighted by Crippen LogP contribution is 2.68. The standard InChI is InChI=1S/C22H30O3/c1-13-11-16-17(20(3)8-5-15(24)12-19(13)20)6-9-21(4)18(16)7-10-22(21,25)14(2)23/h12,16-18,25H,1,5-11H2,2-4H3/t16-,17+,18-,20-,21-,22-/m0/s1. The number of carbonyl (C=O) groups is 2. The van der Waals surface area contributed by atoms with Crippen LogP contribution in [-0.4, -0.2) is 22.3 Å². The molecule has 3 saturated carbocycles. The Hall–Kier alpha value is -1.22. The van der Waals surface area contributed by atoms with Crippen LogP contribution in [0.2, 0.25) is 0 Å². The van der Waals surface area contributed by atoms with Gasteiger partial charge in [-0.1, -0.05) is 26.0 Å². The van der Waals surface area contributed by atoms with E-state index in [4.69, 9.17) is 0 Å². The first kappa shape index (κ1) is 17.2. The molecule has 0 heterocycles. The summed E-state index contributed by atoms with van der Waals surface area (Å²) in [5.41, 5.74) is 0.852. The summed E-state index contributed by atoms with van der Waals surface area (Å²) in [4.78, 5) is 24.2. The van der Waals surface area contributed by atoms with Gasteiger partial charge in [-0.3, -0.25) is 9.59 Å². The van der Waals surface area contributed by atoms with Crippen molar-refractivity contribution in [3.63, 3.8) is 0 Å². The van der Waals surface area contributed by atoms with Crippen molar-refractivity contribution in [2.45, 2.75) is 71.3 Å². The first-order valence-electron chi connectivity index (χ1n) is 9.80. The molecule has 3 nitrogen and oxygen atoms in total. The van der Waals surface area contributed by atoms with Crippen LogP contribution in [-0.2, 0) is 9.59 Å². The van der Waals surface area contributed by atoms with E-state index in [9.17, 15) is 14.7 Å². The van der Waals surface area contributed by atoms with Crippen LogP contribution in [0, 0.1) is 28.6 Å². The van der Waals surface area contributed by atoms with E-state index in [-0.39, 0.29) is 22.4 Å². The Morgan fingerprint density at radius 2 is 1.88 bits per heavy atom. The topological polar surface area (TPSA) is 54.4 Å². The zero-order valence-corrected chi connectivity index (χ0v) is 15.7. The summed E-state index contributed by atoms with van der Waals surface area (Å²) in [6.45, 7) is 10.3. The maximum atomic E-state index is 12.3. The van der Waals surface area contributed by atoms with Gasteiger partial charge in [-0.25, -0.2) is 0 Å². The lowest BCUT2D eigenvalue weighted by molar-refractivity contribution is -0.159. The van der Waals surface area contributed by atoms with E-state index in [0.717, 1.165) is 37.7 Å². The third-order valence-electron chi connectivity index (χ3n) is 8.66. The summed E-state index contributed by atoms with van der Waals surface area (Å²) in [6, 6.07) is 0. The fraction of sp³-hybridized carbons (Fsp3) is 0.727. The number of hydrogen-bond acceptors (Lipinski definition) is 3. The Morgan fingerprint density at radius 3 is 2.56 bits per heavy atom. The highest BCUT2D eigenvalue weighted by atomic mass is 16.3. The van der Waals surface area contributed by atoms with Crippen molar-refractivity contribution < 1.29 is 14.7 Å². The average molecular weight is 342 g/mol. The maximum Gasteiger partial charge on any atom is 0.161 e. The van der Waals surface area contributed by atoms with E-state index in [1.807, 2.05) is 6.08 Å². The van der Waals surface area contributed by atoms with Gasteiger partial charge in [0.15, 0.2) is 11.6 Å². The summed E-state index contributed by atoms with van der Waals surface area (Å²) in [5, 5.41) is 11.2. The third kappa shape index (κ3) is 2.02. The Labute approximate surface area is 150 Å².